The molecule has 0 saturated carbocycles. The van der Waals surface area contributed by atoms with Crippen molar-refractivity contribution in [3.8, 4) is 10.8 Å². The van der Waals surface area contributed by atoms with Gasteiger partial charge in [-0.1, -0.05) is 0 Å². The third-order valence-corrected chi connectivity index (χ3v) is 5.55. The summed E-state index contributed by atoms with van der Waals surface area (Å²) in [5, 5.41) is 6.05. The second-order valence-corrected chi connectivity index (χ2v) is 7.19. The van der Waals surface area contributed by atoms with Gasteiger partial charge in [-0.05, 0) is 73.6 Å². The molecule has 120 valence electrons. The molecule has 0 spiro atoms. The van der Waals surface area contributed by atoms with Crippen LogP contribution in [0.5, 0.6) is 10.8 Å². The first-order chi connectivity index (χ1) is 11.3. The van der Waals surface area contributed by atoms with E-state index in [-0.39, 0.29) is 5.91 Å². The van der Waals surface area contributed by atoms with E-state index in [9.17, 15) is 4.79 Å². The Morgan fingerprint density at radius 3 is 2.57 bits per heavy atom. The number of nitrogens with zero attached hydrogens (tertiary/aromatic N) is 1. The van der Waals surface area contributed by atoms with Crippen LogP contribution in [0.4, 0.5) is 0 Å². The molecule has 1 aromatic heterocycles. The third kappa shape index (κ3) is 3.26. The Balaban J connectivity index is 1.38. The lowest BCUT2D eigenvalue weighted by atomic mass is 9.84. The van der Waals surface area contributed by atoms with Crippen LogP contribution in [0, 0.1) is 5.92 Å². The van der Waals surface area contributed by atoms with Gasteiger partial charge in [0, 0.05) is 18.2 Å². The molecule has 0 radical (unpaired) electrons. The molecule has 4 nitrogen and oxygen atoms in total. The summed E-state index contributed by atoms with van der Waals surface area (Å²) in [6, 6.07) is 11.6. The van der Waals surface area contributed by atoms with Gasteiger partial charge in [-0.15, -0.1) is 11.3 Å². The van der Waals surface area contributed by atoms with E-state index < -0.39 is 0 Å². The lowest BCUT2D eigenvalue weighted by Crippen LogP contribution is -2.57. The maximum absolute atomic E-state index is 12.4. The van der Waals surface area contributed by atoms with Gasteiger partial charge in [0.05, 0.1) is 0 Å². The standard InChI is InChI=1S/C18H20N2O2S/c21-18(19-16-12-20-9-7-13(16)8-10-20)14-3-5-15(6-4-14)22-17-2-1-11-23-17/h1-6,11,13,16H,7-10,12H2,(H,19,21)/t16-/m0/s1. The van der Waals surface area contributed by atoms with Gasteiger partial charge < -0.3 is 15.0 Å². The van der Waals surface area contributed by atoms with Gasteiger partial charge in [0.1, 0.15) is 5.75 Å². The van der Waals surface area contributed by atoms with E-state index in [2.05, 4.69) is 10.2 Å². The fourth-order valence-corrected chi connectivity index (χ4v) is 4.09. The van der Waals surface area contributed by atoms with Crippen molar-refractivity contribution >= 4 is 17.2 Å². The number of thiophene rings is 1. The SMILES string of the molecule is O=C(N[C@H]1CN2CCC1CC2)c1ccc(Oc2cccs2)cc1. The molecule has 1 aromatic carbocycles. The maximum Gasteiger partial charge on any atom is 0.251 e. The second-order valence-electron chi connectivity index (χ2n) is 6.28. The van der Waals surface area contributed by atoms with Crippen molar-refractivity contribution in [3.63, 3.8) is 0 Å². The fourth-order valence-electron chi connectivity index (χ4n) is 3.49. The molecular weight excluding hydrogens is 308 g/mol. The summed E-state index contributed by atoms with van der Waals surface area (Å²) >= 11 is 1.55. The molecule has 4 heterocycles. The molecule has 5 rings (SSSR count). The number of rotatable bonds is 4. The molecule has 3 aliphatic heterocycles. The summed E-state index contributed by atoms with van der Waals surface area (Å²) in [6.45, 7) is 3.37. The predicted molar refractivity (Wildman–Crippen MR) is 91.3 cm³/mol. The molecule has 1 N–H and O–H groups in total. The van der Waals surface area contributed by atoms with Crippen molar-refractivity contribution in [1.29, 1.82) is 0 Å². The van der Waals surface area contributed by atoms with Gasteiger partial charge in [0.2, 0.25) is 0 Å². The van der Waals surface area contributed by atoms with Crippen LogP contribution in [0.25, 0.3) is 0 Å². The minimum atomic E-state index is 0.0198. The molecule has 2 aromatic rings. The highest BCUT2D eigenvalue weighted by Gasteiger charge is 2.34. The molecule has 3 saturated heterocycles. The van der Waals surface area contributed by atoms with Crippen molar-refractivity contribution in [2.24, 2.45) is 5.92 Å². The van der Waals surface area contributed by atoms with Gasteiger partial charge in [-0.25, -0.2) is 0 Å². The molecule has 3 fully saturated rings. The summed E-state index contributed by atoms with van der Waals surface area (Å²) in [4.78, 5) is 14.9. The van der Waals surface area contributed by atoms with Crippen molar-refractivity contribution in [2.75, 3.05) is 19.6 Å². The summed E-state index contributed by atoms with van der Waals surface area (Å²) < 4.78 is 5.72. The quantitative estimate of drug-likeness (QED) is 0.936. The predicted octanol–water partition coefficient (Wildman–Crippen LogP) is 3.36. The van der Waals surface area contributed by atoms with Crippen molar-refractivity contribution in [2.45, 2.75) is 18.9 Å². The average molecular weight is 328 g/mol. The first kappa shape index (κ1) is 14.7. The summed E-state index contributed by atoms with van der Waals surface area (Å²) in [5.74, 6) is 1.42. The number of benzene rings is 1. The second kappa shape index (κ2) is 6.34. The van der Waals surface area contributed by atoms with Crippen LogP contribution >= 0.6 is 11.3 Å². The van der Waals surface area contributed by atoms with E-state index in [1.165, 1.54) is 25.9 Å². The number of carbonyl (C=O) groups excluding carboxylic acids is 1. The van der Waals surface area contributed by atoms with E-state index >= 15 is 0 Å². The molecule has 3 aliphatic rings. The summed E-state index contributed by atoms with van der Waals surface area (Å²) in [7, 11) is 0. The smallest absolute Gasteiger partial charge is 0.251 e. The summed E-state index contributed by atoms with van der Waals surface area (Å²) in [5.41, 5.74) is 0.694. The number of carbonyl (C=O) groups is 1. The van der Waals surface area contributed by atoms with E-state index in [1.54, 1.807) is 11.3 Å². The van der Waals surface area contributed by atoms with E-state index in [0.29, 0.717) is 17.5 Å². The fraction of sp³-hybridized carbons (Fsp3) is 0.389. The molecule has 2 bridgehead atoms. The molecule has 1 amide bonds. The zero-order chi connectivity index (χ0) is 15.6. The number of ether oxygens (including phenoxy) is 1. The molecule has 0 aliphatic carbocycles. The molecular formula is C18H20N2O2S. The Bertz CT molecular complexity index is 661. The van der Waals surface area contributed by atoms with Crippen LogP contribution in [-0.4, -0.2) is 36.5 Å². The van der Waals surface area contributed by atoms with Gasteiger partial charge in [-0.2, -0.15) is 0 Å². The monoisotopic (exact) mass is 328 g/mol. The minimum absolute atomic E-state index is 0.0198. The molecule has 5 heteroatoms. The van der Waals surface area contributed by atoms with Gasteiger partial charge in [-0.3, -0.25) is 4.79 Å². The Morgan fingerprint density at radius 1 is 1.17 bits per heavy atom. The van der Waals surface area contributed by atoms with Crippen LogP contribution < -0.4 is 10.1 Å². The Hall–Kier alpha value is -1.85. The number of amides is 1. The number of nitrogens with one attached hydrogen (secondary N) is 1. The Kier molecular flexibility index (Phi) is 4.06. The molecule has 23 heavy (non-hydrogen) atoms. The first-order valence-corrected chi connectivity index (χ1v) is 9.00. The Morgan fingerprint density at radius 2 is 1.96 bits per heavy atom. The maximum atomic E-state index is 12.4. The highest BCUT2D eigenvalue weighted by molar-refractivity contribution is 7.11. The van der Waals surface area contributed by atoms with E-state index in [1.807, 2.05) is 41.8 Å². The molecule has 0 unspecified atom stereocenters. The zero-order valence-corrected chi connectivity index (χ0v) is 13.7. The average Bonchev–Trinajstić information content (AvgIpc) is 3.09. The normalized spacial score (nSPS) is 26.0. The van der Waals surface area contributed by atoms with Crippen LogP contribution in [0.2, 0.25) is 0 Å². The summed E-state index contributed by atoms with van der Waals surface area (Å²) in [6.07, 6.45) is 2.41. The highest BCUT2D eigenvalue weighted by atomic mass is 32.1. The molecule has 1 atom stereocenters. The zero-order valence-electron chi connectivity index (χ0n) is 12.9. The topological polar surface area (TPSA) is 41.6 Å². The lowest BCUT2D eigenvalue weighted by molar-refractivity contribution is 0.0620. The number of piperidine rings is 3. The van der Waals surface area contributed by atoms with Crippen molar-refractivity contribution in [3.05, 3.63) is 47.3 Å². The number of hydrogen-bond acceptors (Lipinski definition) is 4. The van der Waals surface area contributed by atoms with Crippen LogP contribution in [0.15, 0.2) is 41.8 Å². The highest BCUT2D eigenvalue weighted by Crippen LogP contribution is 2.28. The van der Waals surface area contributed by atoms with E-state index in [4.69, 9.17) is 4.74 Å². The lowest BCUT2D eigenvalue weighted by Gasteiger charge is -2.44. The number of fused-ring (bicyclic) bond motifs is 3. The van der Waals surface area contributed by atoms with Gasteiger partial charge >= 0.3 is 0 Å². The van der Waals surface area contributed by atoms with Crippen LogP contribution in [-0.2, 0) is 0 Å². The van der Waals surface area contributed by atoms with Crippen LogP contribution in [0.3, 0.4) is 0 Å². The van der Waals surface area contributed by atoms with E-state index in [0.717, 1.165) is 17.4 Å². The van der Waals surface area contributed by atoms with Crippen LogP contribution in [0.1, 0.15) is 23.2 Å². The Labute approximate surface area is 140 Å². The van der Waals surface area contributed by atoms with Gasteiger partial charge in [0.15, 0.2) is 5.06 Å². The minimum Gasteiger partial charge on any atom is -0.447 e. The third-order valence-electron chi connectivity index (χ3n) is 4.80. The largest absolute Gasteiger partial charge is 0.447 e. The van der Waals surface area contributed by atoms with Gasteiger partial charge in [0.25, 0.3) is 5.91 Å². The van der Waals surface area contributed by atoms with Crippen molar-refractivity contribution < 1.29 is 9.53 Å². The first-order valence-electron chi connectivity index (χ1n) is 8.12. The van der Waals surface area contributed by atoms with Crippen molar-refractivity contribution in [1.82, 2.24) is 10.2 Å². The number of hydrogen-bond donors (Lipinski definition) is 1.